The van der Waals surface area contributed by atoms with Crippen molar-refractivity contribution in [3.8, 4) is 0 Å². The predicted octanol–water partition coefficient (Wildman–Crippen LogP) is 2.73. The Balaban J connectivity index is 2.04. The fourth-order valence-corrected chi connectivity index (χ4v) is 1.87. The number of hydrogen-bond acceptors (Lipinski definition) is 1. The summed E-state index contributed by atoms with van der Waals surface area (Å²) in [6.45, 7) is 4.84. The third-order valence-electron chi connectivity index (χ3n) is 2.64. The van der Waals surface area contributed by atoms with Crippen molar-refractivity contribution in [1.29, 1.82) is 0 Å². The second kappa shape index (κ2) is 6.36. The van der Waals surface area contributed by atoms with E-state index in [0.717, 1.165) is 19.0 Å². The van der Waals surface area contributed by atoms with Crippen LogP contribution < -0.4 is 5.32 Å². The molecule has 12 heavy (non-hydrogen) atoms. The summed E-state index contributed by atoms with van der Waals surface area (Å²) >= 11 is 0. The summed E-state index contributed by atoms with van der Waals surface area (Å²) < 4.78 is 0. The van der Waals surface area contributed by atoms with Crippen molar-refractivity contribution in [2.45, 2.75) is 51.0 Å². The van der Waals surface area contributed by atoms with Crippen LogP contribution in [0, 0.1) is 13.3 Å². The molecule has 0 aromatic rings. The molecule has 1 fully saturated rings. The highest BCUT2D eigenvalue weighted by Crippen LogP contribution is 2.16. The number of rotatable bonds is 4. The average molecular weight is 167 g/mol. The summed E-state index contributed by atoms with van der Waals surface area (Å²) in [5.74, 6) is 0. The van der Waals surface area contributed by atoms with E-state index in [1.165, 1.54) is 38.5 Å². The van der Waals surface area contributed by atoms with Gasteiger partial charge in [-0.15, -0.1) is 6.92 Å². The summed E-state index contributed by atoms with van der Waals surface area (Å²) in [4.78, 5) is 0. The first-order valence-corrected chi connectivity index (χ1v) is 5.28. The van der Waals surface area contributed by atoms with E-state index < -0.39 is 0 Å². The molecule has 1 rings (SSSR count). The maximum absolute atomic E-state index is 3.72. The zero-order valence-corrected chi connectivity index (χ0v) is 8.02. The maximum atomic E-state index is 3.72. The second-order valence-electron chi connectivity index (χ2n) is 3.72. The monoisotopic (exact) mass is 167 g/mol. The molecule has 0 saturated heterocycles. The van der Waals surface area contributed by atoms with Gasteiger partial charge in [-0.2, -0.15) is 0 Å². The van der Waals surface area contributed by atoms with Crippen molar-refractivity contribution < 1.29 is 0 Å². The van der Waals surface area contributed by atoms with Crippen LogP contribution in [-0.4, -0.2) is 12.6 Å². The molecule has 0 atom stereocenters. The lowest BCUT2D eigenvalue weighted by atomic mass is 10.1. The highest BCUT2D eigenvalue weighted by molar-refractivity contribution is 4.73. The molecule has 1 aliphatic rings. The molecular formula is C11H21N. The summed E-state index contributed by atoms with van der Waals surface area (Å²) in [5.41, 5.74) is 0. The van der Waals surface area contributed by atoms with Gasteiger partial charge in [0.05, 0.1) is 6.42 Å². The van der Waals surface area contributed by atoms with Gasteiger partial charge in [-0.25, -0.2) is 0 Å². The molecular weight excluding hydrogens is 146 g/mol. The van der Waals surface area contributed by atoms with Crippen LogP contribution in [0.2, 0.25) is 0 Å². The normalized spacial score (nSPS) is 20.4. The van der Waals surface area contributed by atoms with E-state index in [-0.39, 0.29) is 0 Å². The van der Waals surface area contributed by atoms with Crippen LogP contribution in [-0.2, 0) is 0 Å². The third-order valence-corrected chi connectivity index (χ3v) is 2.64. The molecule has 1 aliphatic carbocycles. The first-order valence-electron chi connectivity index (χ1n) is 5.28. The van der Waals surface area contributed by atoms with E-state index in [9.17, 15) is 0 Å². The summed E-state index contributed by atoms with van der Waals surface area (Å²) in [5, 5.41) is 3.59. The molecule has 70 valence electrons. The van der Waals surface area contributed by atoms with Gasteiger partial charge in [0.25, 0.3) is 0 Å². The highest BCUT2D eigenvalue weighted by atomic mass is 14.9. The lowest BCUT2D eigenvalue weighted by molar-refractivity contribution is 0.463. The summed E-state index contributed by atoms with van der Waals surface area (Å²) in [7, 11) is 0. The minimum absolute atomic E-state index is 0.799. The molecule has 0 bridgehead atoms. The molecule has 1 saturated carbocycles. The van der Waals surface area contributed by atoms with Gasteiger partial charge in [0.1, 0.15) is 0 Å². The predicted molar refractivity (Wildman–Crippen MR) is 53.8 cm³/mol. The van der Waals surface area contributed by atoms with Crippen LogP contribution in [0.1, 0.15) is 44.9 Å². The standard InChI is InChI=1S/C11H21N/c1-2-3-10-12-11-8-6-4-5-7-9-11/h2,11-12H,1,3-10H2. The molecule has 0 aliphatic heterocycles. The van der Waals surface area contributed by atoms with Gasteiger partial charge in [-0.05, 0) is 12.8 Å². The van der Waals surface area contributed by atoms with Crippen molar-refractivity contribution in [3.63, 3.8) is 0 Å². The van der Waals surface area contributed by atoms with Gasteiger partial charge in [0.2, 0.25) is 0 Å². The van der Waals surface area contributed by atoms with Gasteiger partial charge < -0.3 is 5.32 Å². The maximum Gasteiger partial charge on any atom is 0.0694 e. The minimum atomic E-state index is 0.799. The largest absolute Gasteiger partial charge is 0.310 e. The molecule has 1 nitrogen and oxygen atoms in total. The van der Waals surface area contributed by atoms with Crippen molar-refractivity contribution in [3.05, 3.63) is 13.3 Å². The molecule has 0 aromatic carbocycles. The fourth-order valence-electron chi connectivity index (χ4n) is 1.87. The van der Waals surface area contributed by atoms with Crippen LogP contribution in [0.25, 0.3) is 0 Å². The number of nitrogens with one attached hydrogen (secondary N) is 1. The van der Waals surface area contributed by atoms with Crippen LogP contribution >= 0.6 is 0 Å². The first kappa shape index (κ1) is 9.91. The van der Waals surface area contributed by atoms with Crippen molar-refractivity contribution >= 4 is 0 Å². The van der Waals surface area contributed by atoms with Crippen LogP contribution in [0.3, 0.4) is 0 Å². The Labute approximate surface area is 76.9 Å². The number of unbranched alkanes of at least 4 members (excludes halogenated alkanes) is 1. The van der Waals surface area contributed by atoms with Crippen molar-refractivity contribution in [2.75, 3.05) is 6.54 Å². The molecule has 0 unspecified atom stereocenters. The lowest BCUT2D eigenvalue weighted by Crippen LogP contribution is -2.29. The topological polar surface area (TPSA) is 12.0 Å². The van der Waals surface area contributed by atoms with Gasteiger partial charge in [-0.3, -0.25) is 0 Å². The molecule has 0 heterocycles. The minimum Gasteiger partial charge on any atom is -0.310 e. The van der Waals surface area contributed by atoms with E-state index in [1.54, 1.807) is 0 Å². The first-order chi connectivity index (χ1) is 5.93. The fraction of sp³-hybridized carbons (Fsp3) is 0.818. The molecule has 0 spiro atoms. The molecule has 1 N–H and O–H groups in total. The Morgan fingerprint density at radius 3 is 2.42 bits per heavy atom. The SMILES string of the molecule is [CH2-][CH+]CCNC1CCCCCC1. The number of hydrogen-bond donors (Lipinski definition) is 1. The summed E-state index contributed by atoms with van der Waals surface area (Å²) in [6.07, 6.45) is 11.6. The van der Waals surface area contributed by atoms with Crippen LogP contribution in [0.5, 0.6) is 0 Å². The average Bonchev–Trinajstić information content (AvgIpc) is 2.33. The van der Waals surface area contributed by atoms with E-state index in [1.807, 2.05) is 6.42 Å². The van der Waals surface area contributed by atoms with Gasteiger partial charge in [-0.1, -0.05) is 32.1 Å². The second-order valence-corrected chi connectivity index (χ2v) is 3.72. The van der Waals surface area contributed by atoms with Crippen LogP contribution in [0.15, 0.2) is 0 Å². The van der Waals surface area contributed by atoms with E-state index in [4.69, 9.17) is 0 Å². The third kappa shape index (κ3) is 4.01. The lowest BCUT2D eigenvalue weighted by Gasteiger charge is -2.14. The smallest absolute Gasteiger partial charge is 0.0694 e. The quantitative estimate of drug-likeness (QED) is 0.385. The Morgan fingerprint density at radius 2 is 1.83 bits per heavy atom. The molecule has 1 heteroatoms. The van der Waals surface area contributed by atoms with E-state index >= 15 is 0 Å². The highest BCUT2D eigenvalue weighted by Gasteiger charge is 2.10. The zero-order valence-electron chi connectivity index (χ0n) is 8.02. The molecule has 0 aromatic heterocycles. The van der Waals surface area contributed by atoms with Gasteiger partial charge in [0.15, 0.2) is 0 Å². The van der Waals surface area contributed by atoms with E-state index in [0.29, 0.717) is 0 Å². The van der Waals surface area contributed by atoms with Gasteiger partial charge in [0, 0.05) is 12.6 Å². The zero-order chi connectivity index (χ0) is 8.65. The summed E-state index contributed by atoms with van der Waals surface area (Å²) in [6, 6.07) is 0.799. The van der Waals surface area contributed by atoms with Crippen molar-refractivity contribution in [1.82, 2.24) is 5.32 Å². The molecule has 0 radical (unpaired) electrons. The Morgan fingerprint density at radius 1 is 1.17 bits per heavy atom. The Bertz CT molecular complexity index is 93.2. The van der Waals surface area contributed by atoms with Crippen LogP contribution in [0.4, 0.5) is 0 Å². The Kier molecular flexibility index (Phi) is 5.25. The molecule has 0 amide bonds. The Hall–Kier alpha value is -0.170. The van der Waals surface area contributed by atoms with E-state index in [2.05, 4.69) is 12.2 Å². The van der Waals surface area contributed by atoms with Crippen molar-refractivity contribution in [2.24, 2.45) is 0 Å². The van der Waals surface area contributed by atoms with Gasteiger partial charge >= 0.3 is 0 Å².